The second-order valence-electron chi connectivity index (χ2n) is 6.47. The lowest BCUT2D eigenvalue weighted by molar-refractivity contribution is -0.119. The van der Waals surface area contributed by atoms with Crippen LogP contribution in [0.15, 0.2) is 47.4 Å². The Morgan fingerprint density at radius 3 is 2.81 bits per heavy atom. The molecule has 0 saturated carbocycles. The number of hydrogen-bond donors (Lipinski definition) is 1. The zero-order valence-electron chi connectivity index (χ0n) is 14.6. The van der Waals surface area contributed by atoms with Gasteiger partial charge in [0.25, 0.3) is 0 Å². The number of anilines is 1. The number of aryl methyl sites for hydroxylation is 1. The first kappa shape index (κ1) is 18.0. The average molecular weight is 403 g/mol. The van der Waals surface area contributed by atoms with Gasteiger partial charge in [-0.3, -0.25) is 4.79 Å². The third-order valence-corrected chi connectivity index (χ3v) is 7.23. The van der Waals surface area contributed by atoms with Crippen LogP contribution in [0.2, 0.25) is 0 Å². The molecule has 0 radical (unpaired) electrons. The quantitative estimate of drug-likeness (QED) is 0.724. The molecule has 7 nitrogen and oxygen atoms in total. The van der Waals surface area contributed by atoms with E-state index in [2.05, 4.69) is 14.1 Å². The van der Waals surface area contributed by atoms with Crippen molar-refractivity contribution >= 4 is 44.4 Å². The predicted octanol–water partition coefficient (Wildman–Crippen LogP) is 2.79. The minimum absolute atomic E-state index is 0.101. The zero-order chi connectivity index (χ0) is 19.0. The Bertz CT molecular complexity index is 1110. The van der Waals surface area contributed by atoms with Crippen LogP contribution >= 0.6 is 11.7 Å². The normalized spacial score (nSPS) is 18.0. The van der Waals surface area contributed by atoms with Crippen LogP contribution in [0.4, 0.5) is 5.69 Å². The molecule has 3 aromatic rings. The Balaban J connectivity index is 1.65. The summed E-state index contributed by atoms with van der Waals surface area (Å²) in [6.45, 7) is 2.21. The number of nitrogens with one attached hydrogen (secondary N) is 1. The van der Waals surface area contributed by atoms with Gasteiger partial charge in [-0.2, -0.15) is 13.1 Å². The highest BCUT2D eigenvalue weighted by molar-refractivity contribution is 7.89. The van der Waals surface area contributed by atoms with Crippen LogP contribution in [0.1, 0.15) is 18.4 Å². The van der Waals surface area contributed by atoms with Gasteiger partial charge in [-0.25, -0.2) is 8.42 Å². The zero-order valence-corrected chi connectivity index (χ0v) is 16.3. The number of benzene rings is 2. The van der Waals surface area contributed by atoms with Crippen molar-refractivity contribution in [3.63, 3.8) is 0 Å². The van der Waals surface area contributed by atoms with E-state index in [1.807, 2.05) is 31.2 Å². The number of sulfonamides is 1. The summed E-state index contributed by atoms with van der Waals surface area (Å²) in [4.78, 5) is 12.9. The van der Waals surface area contributed by atoms with Crippen molar-refractivity contribution in [2.24, 2.45) is 0 Å². The van der Waals surface area contributed by atoms with E-state index in [-0.39, 0.29) is 10.8 Å². The predicted molar refractivity (Wildman–Crippen MR) is 104 cm³/mol. The van der Waals surface area contributed by atoms with Crippen LogP contribution in [0.5, 0.6) is 0 Å². The first-order valence-corrected chi connectivity index (χ1v) is 10.7. The fourth-order valence-corrected chi connectivity index (χ4v) is 5.75. The molecule has 2 aromatic carbocycles. The number of carbonyl (C=O) groups is 1. The molecule has 1 aliphatic heterocycles. The molecule has 1 aromatic heterocycles. The molecule has 1 saturated heterocycles. The molecule has 27 heavy (non-hydrogen) atoms. The summed E-state index contributed by atoms with van der Waals surface area (Å²) in [5.41, 5.74) is 2.52. The lowest BCUT2D eigenvalue weighted by Crippen LogP contribution is -2.43. The summed E-state index contributed by atoms with van der Waals surface area (Å²) in [7, 11) is -3.86. The van der Waals surface area contributed by atoms with E-state index in [0.29, 0.717) is 36.1 Å². The van der Waals surface area contributed by atoms with Gasteiger partial charge in [0.05, 0.1) is 11.7 Å². The molecule has 2 heterocycles. The first-order valence-electron chi connectivity index (χ1n) is 8.58. The topological polar surface area (TPSA) is 92.3 Å². The van der Waals surface area contributed by atoms with Gasteiger partial charge in [0, 0.05) is 12.2 Å². The summed E-state index contributed by atoms with van der Waals surface area (Å²) in [5, 5.41) is 2.87. The van der Waals surface area contributed by atoms with E-state index < -0.39 is 16.1 Å². The Morgan fingerprint density at radius 2 is 2.00 bits per heavy atom. The number of rotatable bonds is 4. The Morgan fingerprint density at radius 1 is 1.19 bits per heavy atom. The van der Waals surface area contributed by atoms with Crippen molar-refractivity contribution in [2.45, 2.75) is 30.7 Å². The number of aromatic nitrogens is 2. The molecule has 1 aliphatic rings. The minimum atomic E-state index is -3.86. The second kappa shape index (κ2) is 6.99. The SMILES string of the molecule is Cc1ccccc1NC(=O)[C@H]1CCCN1S(=O)(=O)c1cccc2nsnc12. The van der Waals surface area contributed by atoms with Crippen LogP contribution in [-0.2, 0) is 14.8 Å². The van der Waals surface area contributed by atoms with E-state index in [4.69, 9.17) is 0 Å². The van der Waals surface area contributed by atoms with Gasteiger partial charge in [0.2, 0.25) is 15.9 Å². The van der Waals surface area contributed by atoms with Gasteiger partial charge < -0.3 is 5.32 Å². The number of amides is 1. The lowest BCUT2D eigenvalue weighted by Gasteiger charge is -2.23. The fraction of sp³-hybridized carbons (Fsp3) is 0.278. The number of carbonyl (C=O) groups excluding carboxylic acids is 1. The monoisotopic (exact) mass is 402 g/mol. The molecule has 1 amide bonds. The first-order chi connectivity index (χ1) is 13.0. The van der Waals surface area contributed by atoms with Gasteiger partial charge in [-0.05, 0) is 43.5 Å². The van der Waals surface area contributed by atoms with Crippen LogP contribution in [0.25, 0.3) is 11.0 Å². The van der Waals surface area contributed by atoms with E-state index in [0.717, 1.165) is 17.3 Å². The maximum absolute atomic E-state index is 13.3. The van der Waals surface area contributed by atoms with Gasteiger partial charge in [-0.1, -0.05) is 24.3 Å². The summed E-state index contributed by atoms with van der Waals surface area (Å²) in [6.07, 6.45) is 1.12. The fourth-order valence-electron chi connectivity index (χ4n) is 3.33. The van der Waals surface area contributed by atoms with Crippen LogP contribution in [0.3, 0.4) is 0 Å². The van der Waals surface area contributed by atoms with Gasteiger partial charge >= 0.3 is 0 Å². The maximum atomic E-state index is 13.3. The number of fused-ring (bicyclic) bond motifs is 1. The highest BCUT2D eigenvalue weighted by atomic mass is 32.2. The summed E-state index contributed by atoms with van der Waals surface area (Å²) >= 11 is 0.974. The van der Waals surface area contributed by atoms with Crippen molar-refractivity contribution in [2.75, 3.05) is 11.9 Å². The van der Waals surface area contributed by atoms with Crippen molar-refractivity contribution in [3.05, 3.63) is 48.0 Å². The molecule has 0 unspecified atom stereocenters. The molecule has 9 heteroatoms. The van der Waals surface area contributed by atoms with Crippen molar-refractivity contribution < 1.29 is 13.2 Å². The Kier molecular flexibility index (Phi) is 4.67. The second-order valence-corrected chi connectivity index (χ2v) is 8.85. The third kappa shape index (κ3) is 3.22. The summed E-state index contributed by atoms with van der Waals surface area (Å²) in [5.74, 6) is -0.311. The molecule has 0 bridgehead atoms. The molecule has 4 rings (SSSR count). The van der Waals surface area contributed by atoms with Crippen molar-refractivity contribution in [1.29, 1.82) is 0 Å². The third-order valence-electron chi connectivity index (χ3n) is 4.74. The standard InChI is InChI=1S/C18H18N4O3S2/c1-12-6-2-3-7-13(12)19-18(23)15-9-5-11-22(15)27(24,25)16-10-4-8-14-17(16)21-26-20-14/h2-4,6-8,10,15H,5,9,11H2,1H3,(H,19,23)/t15-/m1/s1. The molecule has 1 atom stereocenters. The van der Waals surface area contributed by atoms with Crippen molar-refractivity contribution in [1.82, 2.24) is 13.1 Å². The molecule has 0 aliphatic carbocycles. The summed E-state index contributed by atoms with van der Waals surface area (Å²) in [6, 6.07) is 11.6. The van der Waals surface area contributed by atoms with Crippen molar-refractivity contribution in [3.8, 4) is 0 Å². The number of hydrogen-bond acceptors (Lipinski definition) is 6. The smallest absolute Gasteiger partial charge is 0.246 e. The van der Waals surface area contributed by atoms with E-state index >= 15 is 0 Å². The maximum Gasteiger partial charge on any atom is 0.246 e. The van der Waals surface area contributed by atoms with Crippen LogP contribution < -0.4 is 5.32 Å². The van der Waals surface area contributed by atoms with E-state index in [9.17, 15) is 13.2 Å². The molecule has 0 spiro atoms. The average Bonchev–Trinajstić information content (AvgIpc) is 3.32. The lowest BCUT2D eigenvalue weighted by atomic mass is 10.1. The molecule has 1 fully saturated rings. The molecular formula is C18H18N4O3S2. The van der Waals surface area contributed by atoms with Crippen LogP contribution in [-0.4, -0.2) is 40.0 Å². The van der Waals surface area contributed by atoms with Gasteiger partial charge in [0.15, 0.2) is 0 Å². The van der Waals surface area contributed by atoms with E-state index in [1.165, 1.54) is 10.4 Å². The molecule has 1 N–H and O–H groups in total. The largest absolute Gasteiger partial charge is 0.324 e. The minimum Gasteiger partial charge on any atom is -0.324 e. The number of para-hydroxylation sites is 1. The van der Waals surface area contributed by atoms with Gasteiger partial charge in [-0.15, -0.1) is 0 Å². The van der Waals surface area contributed by atoms with Gasteiger partial charge in [0.1, 0.15) is 22.0 Å². The molecular weight excluding hydrogens is 384 g/mol. The Labute approximate surface area is 161 Å². The number of nitrogens with zero attached hydrogens (tertiary/aromatic N) is 3. The molecule has 140 valence electrons. The highest BCUT2D eigenvalue weighted by Gasteiger charge is 2.40. The highest BCUT2D eigenvalue weighted by Crippen LogP contribution is 2.30. The Hall–Kier alpha value is -2.36. The van der Waals surface area contributed by atoms with Crippen LogP contribution in [0, 0.1) is 6.92 Å². The van der Waals surface area contributed by atoms with E-state index in [1.54, 1.807) is 12.1 Å². The summed E-state index contributed by atoms with van der Waals surface area (Å²) < 4.78 is 36.1.